The number of piperidine rings is 1. The minimum absolute atomic E-state index is 0.266. The fourth-order valence-corrected chi connectivity index (χ4v) is 5.27. The number of imidazole rings is 1. The van der Waals surface area contributed by atoms with Crippen molar-refractivity contribution in [3.63, 3.8) is 0 Å². The van der Waals surface area contributed by atoms with E-state index in [9.17, 15) is 8.42 Å². The molecule has 0 amide bonds. The van der Waals surface area contributed by atoms with Crippen LogP contribution in [0.5, 0.6) is 0 Å². The second-order valence-corrected chi connectivity index (χ2v) is 8.98. The van der Waals surface area contributed by atoms with E-state index in [0.29, 0.717) is 25.6 Å². The Bertz CT molecular complexity index is 607. The highest BCUT2D eigenvalue weighted by Crippen LogP contribution is 2.22. The Balaban J connectivity index is 1.55. The van der Waals surface area contributed by atoms with Gasteiger partial charge in [0.05, 0.1) is 5.75 Å². The van der Waals surface area contributed by atoms with E-state index in [2.05, 4.69) is 9.88 Å². The van der Waals surface area contributed by atoms with Gasteiger partial charge in [0.25, 0.3) is 0 Å². The number of nitrogens with zero attached hydrogens (tertiary/aromatic N) is 4. The molecule has 0 spiro atoms. The van der Waals surface area contributed by atoms with Gasteiger partial charge in [-0.15, -0.1) is 0 Å². The van der Waals surface area contributed by atoms with Crippen LogP contribution in [0.4, 0.5) is 0 Å². The normalized spacial score (nSPS) is 24.3. The van der Waals surface area contributed by atoms with Crippen LogP contribution in [0.2, 0.25) is 0 Å². The van der Waals surface area contributed by atoms with E-state index >= 15 is 0 Å². The van der Waals surface area contributed by atoms with E-state index in [-0.39, 0.29) is 5.75 Å². The highest BCUT2D eigenvalue weighted by molar-refractivity contribution is 7.89. The number of aromatic nitrogens is 2. The molecule has 2 aliphatic heterocycles. The monoisotopic (exact) mass is 340 g/mol. The quantitative estimate of drug-likeness (QED) is 0.778. The van der Waals surface area contributed by atoms with Gasteiger partial charge in [0, 0.05) is 45.5 Å². The maximum absolute atomic E-state index is 12.6. The van der Waals surface area contributed by atoms with Gasteiger partial charge in [-0.25, -0.2) is 17.7 Å². The number of sulfonamides is 1. The first-order valence-corrected chi connectivity index (χ1v) is 10.3. The number of hydrogen-bond donors (Lipinski definition) is 0. The molecule has 2 fully saturated rings. The molecule has 0 radical (unpaired) electrons. The average Bonchev–Trinajstić information content (AvgIpc) is 3.18. The Kier molecular flexibility index (Phi) is 5.38. The van der Waals surface area contributed by atoms with Gasteiger partial charge in [-0.05, 0) is 44.7 Å². The Morgan fingerprint density at radius 1 is 1.22 bits per heavy atom. The highest BCUT2D eigenvalue weighted by Gasteiger charge is 2.30. The van der Waals surface area contributed by atoms with Crippen molar-refractivity contribution in [3.8, 4) is 0 Å². The Labute approximate surface area is 139 Å². The van der Waals surface area contributed by atoms with Crippen LogP contribution < -0.4 is 0 Å². The molecule has 1 unspecified atom stereocenters. The summed E-state index contributed by atoms with van der Waals surface area (Å²) in [6.45, 7) is 4.12. The lowest BCUT2D eigenvalue weighted by atomic mass is 9.96. The second-order valence-electron chi connectivity index (χ2n) is 6.89. The summed E-state index contributed by atoms with van der Waals surface area (Å²) in [6, 6.07) is 0. The lowest BCUT2D eigenvalue weighted by Gasteiger charge is -2.32. The molecule has 1 aromatic heterocycles. The molecule has 6 nitrogen and oxygen atoms in total. The van der Waals surface area contributed by atoms with Gasteiger partial charge in [-0.3, -0.25) is 0 Å². The lowest BCUT2D eigenvalue weighted by molar-refractivity contribution is 0.260. The molecular formula is C16H28N4O2S. The summed E-state index contributed by atoms with van der Waals surface area (Å²) >= 11 is 0. The molecule has 130 valence electrons. The van der Waals surface area contributed by atoms with Crippen molar-refractivity contribution in [1.82, 2.24) is 18.8 Å². The summed E-state index contributed by atoms with van der Waals surface area (Å²) < 4.78 is 29.0. The molecule has 2 saturated heterocycles. The summed E-state index contributed by atoms with van der Waals surface area (Å²) in [4.78, 5) is 6.64. The first-order valence-electron chi connectivity index (χ1n) is 8.71. The number of rotatable bonds is 6. The SMILES string of the molecule is Cn1ccnc1CC1CCCN(S(=O)(=O)CCN2CCCC2)C1. The van der Waals surface area contributed by atoms with Crippen molar-refractivity contribution >= 4 is 10.0 Å². The van der Waals surface area contributed by atoms with Gasteiger partial charge in [0.1, 0.15) is 5.82 Å². The van der Waals surface area contributed by atoms with Gasteiger partial charge >= 0.3 is 0 Å². The van der Waals surface area contributed by atoms with E-state index in [1.54, 1.807) is 4.31 Å². The molecule has 3 heterocycles. The fourth-order valence-electron chi connectivity index (χ4n) is 3.68. The smallest absolute Gasteiger partial charge is 0.215 e. The van der Waals surface area contributed by atoms with E-state index in [0.717, 1.165) is 38.2 Å². The Morgan fingerprint density at radius 2 is 2.00 bits per heavy atom. The van der Waals surface area contributed by atoms with Crippen LogP contribution in [0.25, 0.3) is 0 Å². The van der Waals surface area contributed by atoms with Gasteiger partial charge in [0.15, 0.2) is 0 Å². The van der Waals surface area contributed by atoms with Gasteiger partial charge in [-0.1, -0.05) is 0 Å². The zero-order valence-electron chi connectivity index (χ0n) is 14.0. The molecule has 7 heteroatoms. The summed E-state index contributed by atoms with van der Waals surface area (Å²) in [5, 5.41) is 0. The van der Waals surface area contributed by atoms with E-state index in [4.69, 9.17) is 0 Å². The van der Waals surface area contributed by atoms with Crippen LogP contribution in [-0.4, -0.2) is 65.7 Å². The average molecular weight is 340 g/mol. The molecule has 2 aliphatic rings. The molecule has 0 aromatic carbocycles. The second kappa shape index (κ2) is 7.32. The molecule has 0 bridgehead atoms. The van der Waals surface area contributed by atoms with E-state index in [1.807, 2.05) is 24.0 Å². The molecule has 0 saturated carbocycles. The van der Waals surface area contributed by atoms with Crippen molar-refractivity contribution in [2.75, 3.05) is 38.5 Å². The minimum atomic E-state index is -3.13. The number of hydrogen-bond acceptors (Lipinski definition) is 4. The summed E-state index contributed by atoms with van der Waals surface area (Å²) in [6.07, 6.45) is 9.07. The molecule has 23 heavy (non-hydrogen) atoms. The van der Waals surface area contributed by atoms with Gasteiger partial charge < -0.3 is 9.47 Å². The summed E-state index contributed by atoms with van der Waals surface area (Å²) in [5.74, 6) is 1.69. The third kappa shape index (κ3) is 4.33. The van der Waals surface area contributed by atoms with Crippen molar-refractivity contribution in [1.29, 1.82) is 0 Å². The predicted molar refractivity (Wildman–Crippen MR) is 90.7 cm³/mol. The van der Waals surface area contributed by atoms with E-state index < -0.39 is 10.0 Å². The first-order chi connectivity index (χ1) is 11.0. The largest absolute Gasteiger partial charge is 0.338 e. The molecular weight excluding hydrogens is 312 g/mol. The van der Waals surface area contributed by atoms with Gasteiger partial charge in [-0.2, -0.15) is 0 Å². The topological polar surface area (TPSA) is 58.4 Å². The predicted octanol–water partition coefficient (Wildman–Crippen LogP) is 1.10. The Hall–Kier alpha value is -0.920. The van der Waals surface area contributed by atoms with E-state index in [1.165, 1.54) is 12.8 Å². The molecule has 1 aromatic rings. The third-order valence-corrected chi connectivity index (χ3v) is 6.95. The standard InChI is InChI=1S/C16H28N4O2S/c1-18-10-6-17-16(18)13-15-5-4-9-20(14-15)23(21,22)12-11-19-7-2-3-8-19/h6,10,15H,2-5,7-9,11-14H2,1H3. The summed E-state index contributed by atoms with van der Waals surface area (Å²) in [7, 11) is -1.13. The maximum atomic E-state index is 12.6. The van der Waals surface area contributed by atoms with Crippen LogP contribution in [0, 0.1) is 5.92 Å². The molecule has 1 atom stereocenters. The van der Waals surface area contributed by atoms with Crippen LogP contribution >= 0.6 is 0 Å². The van der Waals surface area contributed by atoms with Crippen LogP contribution in [-0.2, 0) is 23.5 Å². The van der Waals surface area contributed by atoms with Crippen molar-refractivity contribution in [2.24, 2.45) is 13.0 Å². The van der Waals surface area contributed by atoms with Crippen molar-refractivity contribution in [3.05, 3.63) is 18.2 Å². The lowest BCUT2D eigenvalue weighted by Crippen LogP contribution is -2.43. The number of aryl methyl sites for hydroxylation is 1. The summed E-state index contributed by atoms with van der Waals surface area (Å²) in [5.41, 5.74) is 0. The van der Waals surface area contributed by atoms with Gasteiger partial charge in [0.2, 0.25) is 10.0 Å². The maximum Gasteiger partial charge on any atom is 0.215 e. The number of likely N-dealkylation sites (tertiary alicyclic amines) is 1. The van der Waals surface area contributed by atoms with Crippen LogP contribution in [0.3, 0.4) is 0 Å². The molecule has 0 aliphatic carbocycles. The highest BCUT2D eigenvalue weighted by atomic mass is 32.2. The van der Waals surface area contributed by atoms with Crippen molar-refractivity contribution < 1.29 is 8.42 Å². The fraction of sp³-hybridized carbons (Fsp3) is 0.812. The zero-order chi connectivity index (χ0) is 16.3. The van der Waals surface area contributed by atoms with Crippen LogP contribution in [0.1, 0.15) is 31.5 Å². The van der Waals surface area contributed by atoms with Crippen LogP contribution in [0.15, 0.2) is 12.4 Å². The van der Waals surface area contributed by atoms with Crippen molar-refractivity contribution in [2.45, 2.75) is 32.1 Å². The third-order valence-electron chi connectivity index (χ3n) is 5.13. The molecule has 0 N–H and O–H groups in total. The minimum Gasteiger partial charge on any atom is -0.338 e. The Morgan fingerprint density at radius 3 is 2.70 bits per heavy atom. The first kappa shape index (κ1) is 16.9. The zero-order valence-corrected chi connectivity index (χ0v) is 14.8. The molecule has 3 rings (SSSR count).